The Morgan fingerprint density at radius 1 is 1.40 bits per heavy atom. The molecule has 0 aromatic heterocycles. The van der Waals surface area contributed by atoms with E-state index in [0.29, 0.717) is 11.7 Å². The van der Waals surface area contributed by atoms with Crippen molar-refractivity contribution in [3.63, 3.8) is 0 Å². The Bertz CT molecular complexity index is 486. The average molecular weight is 280 g/mol. The Morgan fingerprint density at radius 2 is 2.10 bits per heavy atom. The molecule has 0 bridgehead atoms. The van der Waals surface area contributed by atoms with Crippen LogP contribution < -0.4 is 15.8 Å². The largest absolute Gasteiger partial charge is 0.488 e. The molecule has 1 fully saturated rings. The molecular weight excluding hydrogens is 255 g/mol. The van der Waals surface area contributed by atoms with E-state index < -0.39 is 5.82 Å². The van der Waals surface area contributed by atoms with Crippen molar-refractivity contribution in [2.75, 3.05) is 11.1 Å². The van der Waals surface area contributed by atoms with E-state index in [9.17, 15) is 4.39 Å². The van der Waals surface area contributed by atoms with Gasteiger partial charge in [-0.15, -0.1) is 0 Å². The molecule has 20 heavy (non-hydrogen) atoms. The van der Waals surface area contributed by atoms with Crippen LogP contribution in [-0.4, -0.2) is 12.1 Å². The SMILES string of the molecule is CC(C)Oc1cc(NC2CCCC2(C)C)c(N)cc1F. The maximum Gasteiger partial charge on any atom is 0.167 e. The van der Waals surface area contributed by atoms with Crippen molar-refractivity contribution in [1.82, 2.24) is 0 Å². The molecule has 112 valence electrons. The van der Waals surface area contributed by atoms with Crippen molar-refractivity contribution in [3.8, 4) is 5.75 Å². The molecule has 3 N–H and O–H groups in total. The fraction of sp³-hybridized carbons (Fsp3) is 0.625. The van der Waals surface area contributed by atoms with Gasteiger partial charge in [0.25, 0.3) is 0 Å². The molecule has 1 saturated carbocycles. The molecule has 1 unspecified atom stereocenters. The molecule has 0 aliphatic heterocycles. The van der Waals surface area contributed by atoms with Gasteiger partial charge in [-0.05, 0) is 32.1 Å². The molecule has 2 rings (SSSR count). The highest BCUT2D eigenvalue weighted by atomic mass is 19.1. The van der Waals surface area contributed by atoms with Crippen LogP contribution in [0.3, 0.4) is 0 Å². The van der Waals surface area contributed by atoms with Gasteiger partial charge in [-0.3, -0.25) is 0 Å². The number of anilines is 2. The number of halogens is 1. The highest BCUT2D eigenvalue weighted by Crippen LogP contribution is 2.40. The van der Waals surface area contributed by atoms with Crippen molar-refractivity contribution >= 4 is 11.4 Å². The first kappa shape index (κ1) is 14.9. The molecule has 1 aliphatic carbocycles. The van der Waals surface area contributed by atoms with Gasteiger partial charge in [-0.1, -0.05) is 20.3 Å². The van der Waals surface area contributed by atoms with Gasteiger partial charge in [0.15, 0.2) is 11.6 Å². The van der Waals surface area contributed by atoms with Crippen LogP contribution >= 0.6 is 0 Å². The second-order valence-corrected chi connectivity index (χ2v) is 6.61. The van der Waals surface area contributed by atoms with E-state index in [1.165, 1.54) is 18.9 Å². The normalized spacial score (nSPS) is 21.2. The molecule has 1 aromatic carbocycles. The van der Waals surface area contributed by atoms with Gasteiger partial charge >= 0.3 is 0 Å². The maximum absolute atomic E-state index is 13.8. The molecule has 3 nitrogen and oxygen atoms in total. The Labute approximate surface area is 120 Å². The van der Waals surface area contributed by atoms with Crippen LogP contribution in [0.25, 0.3) is 0 Å². The van der Waals surface area contributed by atoms with E-state index in [1.807, 2.05) is 13.8 Å². The lowest BCUT2D eigenvalue weighted by molar-refractivity contribution is 0.231. The summed E-state index contributed by atoms with van der Waals surface area (Å²) in [4.78, 5) is 0. The standard InChI is InChI=1S/C16H25FN2O/c1-10(2)20-14-9-13(12(18)8-11(14)17)19-15-6-5-7-16(15,3)4/h8-10,15,19H,5-7,18H2,1-4H3. The molecule has 1 atom stereocenters. The summed E-state index contributed by atoms with van der Waals surface area (Å²) in [5, 5.41) is 3.47. The Hall–Kier alpha value is -1.45. The molecule has 0 heterocycles. The summed E-state index contributed by atoms with van der Waals surface area (Å²) in [7, 11) is 0. The number of hydrogen-bond donors (Lipinski definition) is 2. The van der Waals surface area contributed by atoms with Gasteiger partial charge in [-0.2, -0.15) is 0 Å². The summed E-state index contributed by atoms with van der Waals surface area (Å²) in [6.45, 7) is 8.26. The lowest BCUT2D eigenvalue weighted by Crippen LogP contribution is -2.31. The van der Waals surface area contributed by atoms with Crippen molar-refractivity contribution < 1.29 is 9.13 Å². The maximum atomic E-state index is 13.8. The van der Waals surface area contributed by atoms with Crippen molar-refractivity contribution in [1.29, 1.82) is 0 Å². The quantitative estimate of drug-likeness (QED) is 0.813. The second-order valence-electron chi connectivity index (χ2n) is 6.61. The van der Waals surface area contributed by atoms with Gasteiger partial charge in [0.1, 0.15) is 0 Å². The lowest BCUT2D eigenvalue weighted by atomic mass is 9.87. The molecule has 0 radical (unpaired) electrons. The zero-order chi connectivity index (χ0) is 14.9. The third-order valence-corrected chi connectivity index (χ3v) is 4.05. The molecule has 1 aliphatic rings. The summed E-state index contributed by atoms with van der Waals surface area (Å²) >= 11 is 0. The van der Waals surface area contributed by atoms with E-state index in [2.05, 4.69) is 19.2 Å². The number of nitrogens with two attached hydrogens (primary N) is 1. The number of nitrogen functional groups attached to an aromatic ring is 1. The number of rotatable bonds is 4. The summed E-state index contributed by atoms with van der Waals surface area (Å²) in [6.07, 6.45) is 3.45. The minimum atomic E-state index is -0.410. The average Bonchev–Trinajstić information content (AvgIpc) is 2.64. The van der Waals surface area contributed by atoms with E-state index in [0.717, 1.165) is 12.1 Å². The van der Waals surface area contributed by atoms with Crippen molar-refractivity contribution in [3.05, 3.63) is 17.9 Å². The molecule has 0 amide bonds. The van der Waals surface area contributed by atoms with Gasteiger partial charge in [0.05, 0.1) is 17.5 Å². The van der Waals surface area contributed by atoms with Crippen molar-refractivity contribution in [2.45, 2.75) is 59.1 Å². The van der Waals surface area contributed by atoms with Crippen LogP contribution in [0.5, 0.6) is 5.75 Å². The zero-order valence-electron chi connectivity index (χ0n) is 12.8. The monoisotopic (exact) mass is 280 g/mol. The minimum Gasteiger partial charge on any atom is -0.488 e. The van der Waals surface area contributed by atoms with Crippen LogP contribution in [-0.2, 0) is 0 Å². The Kier molecular flexibility index (Phi) is 4.11. The predicted molar refractivity (Wildman–Crippen MR) is 81.6 cm³/mol. The predicted octanol–water partition coefficient (Wildman–Crippen LogP) is 4.19. The first-order valence-electron chi connectivity index (χ1n) is 7.32. The van der Waals surface area contributed by atoms with Crippen molar-refractivity contribution in [2.24, 2.45) is 5.41 Å². The second kappa shape index (κ2) is 5.51. The molecule has 4 heteroatoms. The smallest absolute Gasteiger partial charge is 0.167 e. The highest BCUT2D eigenvalue weighted by molar-refractivity contribution is 5.69. The first-order valence-corrected chi connectivity index (χ1v) is 7.32. The fourth-order valence-corrected chi connectivity index (χ4v) is 2.82. The number of nitrogens with one attached hydrogen (secondary N) is 1. The van der Waals surface area contributed by atoms with E-state index in [-0.39, 0.29) is 17.3 Å². The first-order chi connectivity index (χ1) is 9.29. The van der Waals surface area contributed by atoms with E-state index in [4.69, 9.17) is 10.5 Å². The Morgan fingerprint density at radius 3 is 2.65 bits per heavy atom. The van der Waals surface area contributed by atoms with Gasteiger partial charge in [0, 0.05) is 18.2 Å². The van der Waals surface area contributed by atoms with Gasteiger partial charge in [-0.25, -0.2) is 4.39 Å². The van der Waals surface area contributed by atoms with Crippen LogP contribution in [0.1, 0.15) is 47.0 Å². The lowest BCUT2D eigenvalue weighted by Gasteiger charge is -2.29. The van der Waals surface area contributed by atoms with Gasteiger partial charge < -0.3 is 15.8 Å². The Balaban J connectivity index is 2.23. The van der Waals surface area contributed by atoms with Crippen LogP contribution in [0, 0.1) is 11.2 Å². The third-order valence-electron chi connectivity index (χ3n) is 4.05. The summed E-state index contributed by atoms with van der Waals surface area (Å²) in [5.74, 6) is -0.153. The fourth-order valence-electron chi connectivity index (χ4n) is 2.82. The van der Waals surface area contributed by atoms with E-state index in [1.54, 1.807) is 6.07 Å². The molecule has 1 aromatic rings. The zero-order valence-corrected chi connectivity index (χ0v) is 12.8. The number of benzene rings is 1. The van der Waals surface area contributed by atoms with Crippen LogP contribution in [0.15, 0.2) is 12.1 Å². The summed E-state index contributed by atoms with van der Waals surface area (Å²) in [5.41, 5.74) is 7.36. The number of hydrogen-bond acceptors (Lipinski definition) is 3. The highest BCUT2D eigenvalue weighted by Gasteiger charge is 2.34. The van der Waals surface area contributed by atoms with E-state index >= 15 is 0 Å². The molecule has 0 spiro atoms. The molecule has 0 saturated heterocycles. The van der Waals surface area contributed by atoms with Crippen LogP contribution in [0.2, 0.25) is 0 Å². The minimum absolute atomic E-state index is 0.0658. The summed E-state index contributed by atoms with van der Waals surface area (Å²) in [6, 6.07) is 3.38. The number of ether oxygens (including phenoxy) is 1. The third kappa shape index (κ3) is 3.17. The van der Waals surface area contributed by atoms with Gasteiger partial charge in [0.2, 0.25) is 0 Å². The van der Waals surface area contributed by atoms with Crippen LogP contribution in [0.4, 0.5) is 15.8 Å². The molecular formula is C16H25FN2O. The topological polar surface area (TPSA) is 47.3 Å². The summed E-state index contributed by atoms with van der Waals surface area (Å²) < 4.78 is 19.3.